The summed E-state index contributed by atoms with van der Waals surface area (Å²) in [5.41, 5.74) is 4.15. The molecule has 2 aliphatic heterocycles. The number of nitrogens with one attached hydrogen (secondary N) is 1. The number of piperidine rings is 1. The summed E-state index contributed by atoms with van der Waals surface area (Å²) in [4.78, 5) is 27.4. The number of anilines is 1. The largest absolute Gasteiger partial charge is 0.497 e. The third-order valence-corrected chi connectivity index (χ3v) is 6.35. The molecule has 1 fully saturated rings. The molecule has 0 saturated carbocycles. The Kier molecular flexibility index (Phi) is 3.47. The van der Waals surface area contributed by atoms with E-state index in [1.807, 2.05) is 28.8 Å². The van der Waals surface area contributed by atoms with Crippen molar-refractivity contribution < 1.29 is 4.74 Å². The van der Waals surface area contributed by atoms with Crippen molar-refractivity contribution in [1.82, 2.24) is 19.5 Å². The zero-order valence-corrected chi connectivity index (χ0v) is 16.1. The van der Waals surface area contributed by atoms with Gasteiger partial charge in [-0.1, -0.05) is 6.07 Å². The lowest BCUT2D eigenvalue weighted by atomic mass is 9.83. The molecule has 1 N–H and O–H groups in total. The molecule has 2 atom stereocenters. The number of rotatable bonds is 2. The van der Waals surface area contributed by atoms with E-state index in [2.05, 4.69) is 25.9 Å². The molecule has 7 heteroatoms. The second kappa shape index (κ2) is 6.07. The van der Waals surface area contributed by atoms with Crippen molar-refractivity contribution in [3.63, 3.8) is 0 Å². The number of H-pyrrole nitrogens is 1. The van der Waals surface area contributed by atoms with Crippen LogP contribution in [-0.2, 0) is 6.54 Å². The number of hydrogen-bond acceptors (Lipinski definition) is 5. The smallest absolute Gasteiger partial charge is 0.250 e. The molecule has 2 bridgehead atoms. The van der Waals surface area contributed by atoms with Crippen molar-refractivity contribution in [3.05, 3.63) is 58.8 Å². The van der Waals surface area contributed by atoms with E-state index in [0.29, 0.717) is 11.8 Å². The molecule has 2 aliphatic rings. The van der Waals surface area contributed by atoms with E-state index >= 15 is 0 Å². The normalized spacial score (nSPS) is 20.8. The van der Waals surface area contributed by atoms with Gasteiger partial charge in [0.2, 0.25) is 0 Å². The molecule has 29 heavy (non-hydrogen) atoms. The molecule has 0 radical (unpaired) electrons. The van der Waals surface area contributed by atoms with Gasteiger partial charge in [-0.25, -0.2) is 9.97 Å². The summed E-state index contributed by atoms with van der Waals surface area (Å²) >= 11 is 0. The van der Waals surface area contributed by atoms with Crippen LogP contribution in [0.4, 0.5) is 5.82 Å². The summed E-state index contributed by atoms with van der Waals surface area (Å²) in [6, 6.07) is 11.6. The van der Waals surface area contributed by atoms with Crippen LogP contribution in [0.5, 0.6) is 5.75 Å². The molecule has 0 amide bonds. The fourth-order valence-electron chi connectivity index (χ4n) is 5.09. The Morgan fingerprint density at radius 2 is 2.07 bits per heavy atom. The zero-order valence-electron chi connectivity index (χ0n) is 16.1. The van der Waals surface area contributed by atoms with Crippen LogP contribution >= 0.6 is 0 Å². The Morgan fingerprint density at radius 3 is 2.97 bits per heavy atom. The van der Waals surface area contributed by atoms with E-state index in [1.165, 1.54) is 0 Å². The maximum Gasteiger partial charge on any atom is 0.250 e. The minimum absolute atomic E-state index is 0.111. The summed E-state index contributed by atoms with van der Waals surface area (Å²) in [7, 11) is 1.67. The first-order valence-corrected chi connectivity index (χ1v) is 9.96. The molecule has 7 nitrogen and oxygen atoms in total. The number of pyridine rings is 1. The van der Waals surface area contributed by atoms with Crippen LogP contribution in [0, 0.1) is 5.92 Å². The predicted molar refractivity (Wildman–Crippen MR) is 112 cm³/mol. The third kappa shape index (κ3) is 2.46. The Labute approximate surface area is 167 Å². The predicted octanol–water partition coefficient (Wildman–Crippen LogP) is 2.91. The third-order valence-electron chi connectivity index (χ3n) is 6.35. The highest BCUT2D eigenvalue weighted by atomic mass is 16.5. The molecule has 146 valence electrons. The molecule has 5 heterocycles. The highest BCUT2D eigenvalue weighted by Crippen LogP contribution is 2.38. The van der Waals surface area contributed by atoms with E-state index in [-0.39, 0.29) is 5.56 Å². The van der Waals surface area contributed by atoms with Crippen LogP contribution < -0.4 is 15.2 Å². The Hall–Kier alpha value is -3.35. The number of benzene rings is 1. The molecular formula is C22H21N5O2. The molecule has 0 unspecified atom stereocenters. The molecular weight excluding hydrogens is 366 g/mol. The number of methoxy groups -OCH3 is 1. The van der Waals surface area contributed by atoms with E-state index in [1.54, 1.807) is 19.5 Å². The van der Waals surface area contributed by atoms with Crippen LogP contribution in [0.2, 0.25) is 0 Å². The van der Waals surface area contributed by atoms with Crippen LogP contribution in [0.3, 0.4) is 0 Å². The Balaban J connectivity index is 1.45. The number of hydrogen-bond donors (Lipinski definition) is 1. The highest BCUT2D eigenvalue weighted by Gasteiger charge is 2.35. The van der Waals surface area contributed by atoms with Crippen molar-refractivity contribution in [2.24, 2.45) is 5.92 Å². The summed E-state index contributed by atoms with van der Waals surface area (Å²) in [5, 5.41) is 1.04. The molecule has 0 aliphatic carbocycles. The fourth-order valence-corrected chi connectivity index (χ4v) is 5.09. The lowest BCUT2D eigenvalue weighted by Gasteiger charge is -2.43. The first kappa shape index (κ1) is 16.6. The molecule has 4 aromatic rings. The van der Waals surface area contributed by atoms with Crippen molar-refractivity contribution in [2.75, 3.05) is 25.1 Å². The lowest BCUT2D eigenvalue weighted by molar-refractivity contribution is 0.281. The van der Waals surface area contributed by atoms with Gasteiger partial charge in [0.15, 0.2) is 5.82 Å². The summed E-state index contributed by atoms with van der Waals surface area (Å²) < 4.78 is 7.34. The van der Waals surface area contributed by atoms with E-state index in [4.69, 9.17) is 4.74 Å². The second-order valence-corrected chi connectivity index (χ2v) is 8.06. The average molecular weight is 387 g/mol. The minimum atomic E-state index is 0.111. The van der Waals surface area contributed by atoms with Gasteiger partial charge in [-0.15, -0.1) is 0 Å². The summed E-state index contributed by atoms with van der Waals surface area (Å²) in [5.74, 6) is 2.53. The second-order valence-electron chi connectivity index (χ2n) is 8.06. The molecule has 6 rings (SSSR count). The minimum Gasteiger partial charge on any atom is -0.497 e. The number of aromatic nitrogens is 4. The van der Waals surface area contributed by atoms with Gasteiger partial charge in [-0.2, -0.15) is 0 Å². The Bertz CT molecular complexity index is 1310. The van der Waals surface area contributed by atoms with Crippen molar-refractivity contribution in [1.29, 1.82) is 0 Å². The van der Waals surface area contributed by atoms with Gasteiger partial charge < -0.3 is 19.2 Å². The number of ether oxygens (including phenoxy) is 1. The number of nitrogens with zero attached hydrogens (tertiary/aromatic N) is 4. The van der Waals surface area contributed by atoms with Gasteiger partial charge >= 0.3 is 0 Å². The van der Waals surface area contributed by atoms with Gasteiger partial charge in [0.1, 0.15) is 23.1 Å². The summed E-state index contributed by atoms with van der Waals surface area (Å²) in [6.07, 6.45) is 2.77. The molecule has 1 saturated heterocycles. The maximum atomic E-state index is 12.3. The van der Waals surface area contributed by atoms with Gasteiger partial charge in [0.25, 0.3) is 5.56 Å². The van der Waals surface area contributed by atoms with E-state index in [9.17, 15) is 4.79 Å². The number of aromatic amines is 1. The van der Waals surface area contributed by atoms with Crippen molar-refractivity contribution in [2.45, 2.75) is 18.9 Å². The molecule has 3 aromatic heterocycles. The van der Waals surface area contributed by atoms with Crippen LogP contribution in [-0.4, -0.2) is 39.7 Å². The van der Waals surface area contributed by atoms with Gasteiger partial charge in [0, 0.05) is 48.2 Å². The monoisotopic (exact) mass is 387 g/mol. The van der Waals surface area contributed by atoms with E-state index in [0.717, 1.165) is 65.3 Å². The lowest BCUT2D eigenvalue weighted by Crippen LogP contribution is -2.47. The first-order valence-electron chi connectivity index (χ1n) is 9.96. The van der Waals surface area contributed by atoms with Crippen LogP contribution in [0.1, 0.15) is 18.0 Å². The topological polar surface area (TPSA) is 76.0 Å². The maximum absolute atomic E-state index is 12.3. The summed E-state index contributed by atoms with van der Waals surface area (Å²) in [6.45, 7) is 2.52. The van der Waals surface area contributed by atoms with Gasteiger partial charge in [-0.05, 0) is 36.6 Å². The highest BCUT2D eigenvalue weighted by molar-refractivity contribution is 6.08. The number of fused-ring (bicyclic) bond motifs is 7. The average Bonchev–Trinajstić information content (AvgIpc) is 3.12. The van der Waals surface area contributed by atoms with E-state index < -0.39 is 0 Å². The zero-order chi connectivity index (χ0) is 19.5. The first-order chi connectivity index (χ1) is 14.2. The van der Waals surface area contributed by atoms with Gasteiger partial charge in [0.05, 0.1) is 7.11 Å². The van der Waals surface area contributed by atoms with Crippen LogP contribution in [0.15, 0.2) is 47.5 Å². The quantitative estimate of drug-likeness (QED) is 0.572. The van der Waals surface area contributed by atoms with Crippen LogP contribution in [0.25, 0.3) is 21.9 Å². The Morgan fingerprint density at radius 1 is 1.14 bits per heavy atom. The van der Waals surface area contributed by atoms with Crippen molar-refractivity contribution >= 4 is 27.8 Å². The van der Waals surface area contributed by atoms with Crippen molar-refractivity contribution in [3.8, 4) is 5.75 Å². The fraction of sp³-hybridized carbons (Fsp3) is 0.318. The molecule has 1 aromatic carbocycles. The standard InChI is InChI=1S/C22H21N5O2/c1-29-15-5-6-17-16(8-15)20-21(25-17)22(24-12-23-20)26-9-13-7-14(11-26)18-3-2-4-19(28)27(18)10-13/h2-6,8,12-14,25H,7,9-11H2,1H3/t13-,14+/m0/s1. The molecule has 0 spiro atoms. The van der Waals surface area contributed by atoms with Gasteiger partial charge in [-0.3, -0.25) is 4.79 Å². The SMILES string of the molecule is COc1ccc2[nH]c3c(N4C[C@@H]5C[C@H](C4)c4cccc(=O)n4C5)ncnc3c2c1.